The molecule has 2 rings (SSSR count). The van der Waals surface area contributed by atoms with Crippen molar-refractivity contribution >= 4 is 34.0 Å². The molecule has 6 heteroatoms. The van der Waals surface area contributed by atoms with Gasteiger partial charge in [0.2, 0.25) is 5.91 Å². The number of rotatable bonds is 20. The highest BCUT2D eigenvalue weighted by Crippen LogP contribution is 2.19. The van der Waals surface area contributed by atoms with Crippen LogP contribution < -0.4 is 10.2 Å². The normalized spacial score (nSPS) is 11.1. The summed E-state index contributed by atoms with van der Waals surface area (Å²) in [7, 11) is 0. The largest absolute Gasteiger partial charge is 0.423 e. The molecule has 208 valence electrons. The van der Waals surface area contributed by atoms with E-state index in [1.807, 2.05) is 6.07 Å². The second-order valence-corrected chi connectivity index (χ2v) is 10.8. The lowest BCUT2D eigenvalue weighted by molar-refractivity contribution is -0.121. The van der Waals surface area contributed by atoms with E-state index in [-0.39, 0.29) is 5.91 Å². The Hall–Kier alpha value is -2.47. The number of unbranched alkanes of at least 4 members (excludes halogenated alkanes) is 14. The molecule has 0 heterocycles. The summed E-state index contributed by atoms with van der Waals surface area (Å²) in [5.41, 5.74) is 3.87. The number of benzene rings is 2. The maximum Gasteiger partial charge on any atom is 0.344 e. The lowest BCUT2D eigenvalue weighted by Gasteiger charge is -2.06. The fourth-order valence-corrected chi connectivity index (χ4v) is 4.75. The Morgan fingerprint density at radius 3 is 1.84 bits per heavy atom. The van der Waals surface area contributed by atoms with E-state index in [1.165, 1.54) is 83.5 Å². The maximum absolute atomic E-state index is 12.3. The molecule has 0 aliphatic rings. The zero-order valence-electron chi connectivity index (χ0n) is 23.1. The van der Waals surface area contributed by atoms with E-state index in [9.17, 15) is 9.59 Å². The summed E-state index contributed by atoms with van der Waals surface area (Å²) in [4.78, 5) is 24.3. The number of hydrogen-bond donors (Lipinski definition) is 1. The van der Waals surface area contributed by atoms with Gasteiger partial charge in [0.1, 0.15) is 5.75 Å². The minimum atomic E-state index is -0.426. The van der Waals surface area contributed by atoms with Gasteiger partial charge in [-0.2, -0.15) is 5.10 Å². The first-order valence-electron chi connectivity index (χ1n) is 14.5. The number of hydrazone groups is 1. The molecule has 0 aliphatic carbocycles. The van der Waals surface area contributed by atoms with Crippen LogP contribution in [0.2, 0.25) is 0 Å². The van der Waals surface area contributed by atoms with Crippen molar-refractivity contribution in [3.8, 4) is 5.75 Å². The molecule has 5 nitrogen and oxygen atoms in total. The molecule has 0 fully saturated rings. The Morgan fingerprint density at radius 2 is 1.29 bits per heavy atom. The van der Waals surface area contributed by atoms with Gasteiger partial charge in [-0.05, 0) is 64.3 Å². The summed E-state index contributed by atoms with van der Waals surface area (Å²) in [6.45, 7) is 2.27. The Labute approximate surface area is 238 Å². The van der Waals surface area contributed by atoms with Crippen molar-refractivity contribution in [2.75, 3.05) is 0 Å². The molecule has 38 heavy (non-hydrogen) atoms. The average molecular weight is 586 g/mol. The Bertz CT molecular complexity index is 959. The van der Waals surface area contributed by atoms with Crippen LogP contribution in [0, 0.1) is 0 Å². The number of nitrogens with one attached hydrogen (secondary N) is 1. The Kier molecular flexibility index (Phi) is 17.1. The summed E-state index contributed by atoms with van der Waals surface area (Å²) in [5.74, 6) is -0.0417. The first-order chi connectivity index (χ1) is 18.6. The third-order valence-corrected chi connectivity index (χ3v) is 7.29. The zero-order valence-corrected chi connectivity index (χ0v) is 24.6. The van der Waals surface area contributed by atoms with Crippen molar-refractivity contribution in [3.05, 3.63) is 64.1 Å². The number of esters is 1. The quantitative estimate of drug-likeness (QED) is 0.0553. The number of carbonyl (C=O) groups excluding carboxylic acids is 2. The Morgan fingerprint density at radius 1 is 0.763 bits per heavy atom. The molecule has 0 aliphatic heterocycles. The van der Waals surface area contributed by atoms with Crippen LogP contribution in [0.25, 0.3) is 0 Å². The fourth-order valence-electron chi connectivity index (χ4n) is 4.30. The van der Waals surface area contributed by atoms with Crippen molar-refractivity contribution < 1.29 is 14.3 Å². The molecule has 0 saturated carbocycles. The molecule has 0 aromatic heterocycles. The first-order valence-corrected chi connectivity index (χ1v) is 15.3. The highest BCUT2D eigenvalue weighted by Gasteiger charge is 2.11. The molecule has 0 unspecified atom stereocenters. The van der Waals surface area contributed by atoms with Crippen molar-refractivity contribution in [2.24, 2.45) is 5.10 Å². The predicted octanol–water partition coefficient (Wildman–Crippen LogP) is 9.38. The van der Waals surface area contributed by atoms with Crippen LogP contribution in [-0.4, -0.2) is 18.1 Å². The number of ether oxygens (including phenoxy) is 1. The number of nitrogens with zero attached hydrogens (tertiary/aromatic N) is 1. The smallest absolute Gasteiger partial charge is 0.344 e. The lowest BCUT2D eigenvalue weighted by Crippen LogP contribution is -2.16. The molecule has 0 saturated heterocycles. The third kappa shape index (κ3) is 14.5. The molecular formula is C32H45BrN2O3. The van der Waals surface area contributed by atoms with Gasteiger partial charge in [0, 0.05) is 10.9 Å². The van der Waals surface area contributed by atoms with Gasteiger partial charge in [-0.1, -0.05) is 109 Å². The number of halogens is 1. The standard InChI is InChI=1S/C32H45BrN2O3/c1-2-3-4-5-6-7-8-9-10-11-12-13-14-15-16-21-31(36)35-34-26-27-22-24-28(25-23-27)38-32(37)29-19-17-18-20-30(29)33/h17-20,22-26H,2-16,21H2,1H3,(H,35,36)/b34-26+. The third-order valence-electron chi connectivity index (χ3n) is 6.59. The molecule has 1 N–H and O–H groups in total. The number of amides is 1. The number of carbonyl (C=O) groups is 2. The van der Waals surface area contributed by atoms with E-state index in [4.69, 9.17) is 4.74 Å². The van der Waals surface area contributed by atoms with Crippen LogP contribution >= 0.6 is 15.9 Å². The van der Waals surface area contributed by atoms with Crippen LogP contribution in [0.1, 0.15) is 126 Å². The van der Waals surface area contributed by atoms with Gasteiger partial charge in [-0.25, -0.2) is 10.2 Å². The van der Waals surface area contributed by atoms with E-state index in [0.29, 0.717) is 22.2 Å². The van der Waals surface area contributed by atoms with E-state index >= 15 is 0 Å². The van der Waals surface area contributed by atoms with Crippen LogP contribution in [0.3, 0.4) is 0 Å². The molecule has 2 aromatic carbocycles. The SMILES string of the molecule is CCCCCCCCCCCCCCCCCC(=O)N/N=C/c1ccc(OC(=O)c2ccccc2Br)cc1. The molecule has 1 amide bonds. The minimum Gasteiger partial charge on any atom is -0.423 e. The van der Waals surface area contributed by atoms with Crippen molar-refractivity contribution in [3.63, 3.8) is 0 Å². The van der Waals surface area contributed by atoms with Crippen LogP contribution in [0.15, 0.2) is 58.1 Å². The molecular weight excluding hydrogens is 540 g/mol. The summed E-state index contributed by atoms with van der Waals surface area (Å²) in [5, 5.41) is 4.04. The van der Waals surface area contributed by atoms with Crippen molar-refractivity contribution in [1.29, 1.82) is 0 Å². The van der Waals surface area contributed by atoms with Gasteiger partial charge in [-0.3, -0.25) is 4.79 Å². The second kappa shape index (κ2) is 20.5. The monoisotopic (exact) mass is 584 g/mol. The van der Waals surface area contributed by atoms with Gasteiger partial charge in [0.05, 0.1) is 11.8 Å². The molecule has 0 bridgehead atoms. The van der Waals surface area contributed by atoms with Gasteiger partial charge in [0.25, 0.3) is 0 Å². The van der Waals surface area contributed by atoms with Crippen LogP contribution in [0.4, 0.5) is 0 Å². The summed E-state index contributed by atoms with van der Waals surface area (Å²) >= 11 is 3.36. The van der Waals surface area contributed by atoms with Crippen molar-refractivity contribution in [2.45, 2.75) is 110 Å². The van der Waals surface area contributed by atoms with E-state index < -0.39 is 5.97 Å². The summed E-state index contributed by atoms with van der Waals surface area (Å²) in [6, 6.07) is 14.1. The van der Waals surface area contributed by atoms with E-state index in [1.54, 1.807) is 48.7 Å². The minimum absolute atomic E-state index is 0.0602. The van der Waals surface area contributed by atoms with Gasteiger partial charge < -0.3 is 4.74 Å². The predicted molar refractivity (Wildman–Crippen MR) is 161 cm³/mol. The fraction of sp³-hybridized carbons (Fsp3) is 0.531. The average Bonchev–Trinajstić information content (AvgIpc) is 2.92. The second-order valence-electron chi connectivity index (χ2n) is 9.93. The topological polar surface area (TPSA) is 67.8 Å². The number of hydrogen-bond acceptors (Lipinski definition) is 4. The Balaban J connectivity index is 1.46. The van der Waals surface area contributed by atoms with Crippen molar-refractivity contribution in [1.82, 2.24) is 5.43 Å². The van der Waals surface area contributed by atoms with E-state index in [2.05, 4.69) is 33.4 Å². The molecule has 0 spiro atoms. The van der Waals surface area contributed by atoms with Gasteiger partial charge in [0.15, 0.2) is 0 Å². The summed E-state index contributed by atoms with van der Waals surface area (Å²) in [6.07, 6.45) is 21.7. The van der Waals surface area contributed by atoms with Gasteiger partial charge in [-0.15, -0.1) is 0 Å². The van der Waals surface area contributed by atoms with Crippen LogP contribution in [-0.2, 0) is 4.79 Å². The first kappa shape index (κ1) is 31.7. The molecule has 2 aromatic rings. The summed E-state index contributed by atoms with van der Waals surface area (Å²) < 4.78 is 6.10. The van der Waals surface area contributed by atoms with Gasteiger partial charge >= 0.3 is 5.97 Å². The lowest BCUT2D eigenvalue weighted by atomic mass is 10.0. The molecule has 0 atom stereocenters. The van der Waals surface area contributed by atoms with Crippen LogP contribution in [0.5, 0.6) is 5.75 Å². The highest BCUT2D eigenvalue weighted by atomic mass is 79.9. The van der Waals surface area contributed by atoms with E-state index in [0.717, 1.165) is 18.4 Å². The zero-order chi connectivity index (χ0) is 27.3. The maximum atomic E-state index is 12.3. The highest BCUT2D eigenvalue weighted by molar-refractivity contribution is 9.10. The molecule has 0 radical (unpaired) electrons.